The average Bonchev–Trinajstić information content (AvgIpc) is 2.34. The monoisotopic (exact) mass is 272 g/mol. The summed E-state index contributed by atoms with van der Waals surface area (Å²) in [7, 11) is 0. The van der Waals surface area contributed by atoms with E-state index in [2.05, 4.69) is 11.8 Å². The van der Waals surface area contributed by atoms with Gasteiger partial charge in [-0.1, -0.05) is 6.92 Å². The van der Waals surface area contributed by atoms with Crippen molar-refractivity contribution in [2.24, 2.45) is 0 Å². The van der Waals surface area contributed by atoms with Gasteiger partial charge >= 0.3 is 6.09 Å². The van der Waals surface area contributed by atoms with Gasteiger partial charge in [0, 0.05) is 19.6 Å². The molecule has 1 saturated heterocycles. The summed E-state index contributed by atoms with van der Waals surface area (Å²) in [5.74, 6) is 0. The molecule has 1 amide bonds. The van der Waals surface area contributed by atoms with Crippen molar-refractivity contribution in [3.63, 3.8) is 0 Å². The van der Waals surface area contributed by atoms with Gasteiger partial charge in [-0.05, 0) is 34.2 Å². The number of carbonyl (C=O) groups is 1. The standard InChI is InChI=1S/C14H28N2O3/c1-6-15-8-9-18-11-12(15)10-16(7-2)13(17)19-14(3,4)5/h12H,6-11H2,1-5H3/t12-/m0/s1. The minimum absolute atomic E-state index is 0.239. The Hall–Kier alpha value is -0.810. The van der Waals surface area contributed by atoms with E-state index in [-0.39, 0.29) is 12.1 Å². The molecule has 1 heterocycles. The van der Waals surface area contributed by atoms with Crippen LogP contribution in [-0.4, -0.2) is 66.9 Å². The van der Waals surface area contributed by atoms with Gasteiger partial charge < -0.3 is 14.4 Å². The largest absolute Gasteiger partial charge is 0.444 e. The number of likely N-dealkylation sites (N-methyl/N-ethyl adjacent to an activating group) is 2. The van der Waals surface area contributed by atoms with Crippen LogP contribution in [0, 0.1) is 0 Å². The van der Waals surface area contributed by atoms with E-state index in [0.717, 1.165) is 19.7 Å². The Balaban J connectivity index is 2.57. The molecule has 112 valence electrons. The minimum Gasteiger partial charge on any atom is -0.444 e. The number of nitrogens with zero attached hydrogens (tertiary/aromatic N) is 2. The summed E-state index contributed by atoms with van der Waals surface area (Å²) >= 11 is 0. The molecule has 0 unspecified atom stereocenters. The van der Waals surface area contributed by atoms with E-state index in [1.165, 1.54) is 0 Å². The summed E-state index contributed by atoms with van der Waals surface area (Å²) in [6, 6.07) is 0.270. The van der Waals surface area contributed by atoms with E-state index < -0.39 is 5.60 Å². The quantitative estimate of drug-likeness (QED) is 0.784. The van der Waals surface area contributed by atoms with Crippen LogP contribution in [0.25, 0.3) is 0 Å². The molecule has 1 aliphatic heterocycles. The maximum atomic E-state index is 12.1. The van der Waals surface area contributed by atoms with Crippen molar-refractivity contribution >= 4 is 6.09 Å². The van der Waals surface area contributed by atoms with Gasteiger partial charge in [0.25, 0.3) is 0 Å². The Labute approximate surface area is 116 Å². The van der Waals surface area contributed by atoms with Crippen LogP contribution in [0.3, 0.4) is 0 Å². The summed E-state index contributed by atoms with van der Waals surface area (Å²) in [5.41, 5.74) is -0.446. The highest BCUT2D eigenvalue weighted by Crippen LogP contribution is 2.13. The fourth-order valence-electron chi connectivity index (χ4n) is 2.19. The minimum atomic E-state index is -0.446. The molecule has 0 radical (unpaired) electrons. The van der Waals surface area contributed by atoms with E-state index in [4.69, 9.17) is 9.47 Å². The summed E-state index contributed by atoms with van der Waals surface area (Å²) < 4.78 is 10.9. The number of morpholine rings is 1. The fourth-order valence-corrected chi connectivity index (χ4v) is 2.19. The zero-order valence-electron chi connectivity index (χ0n) is 12.9. The van der Waals surface area contributed by atoms with Gasteiger partial charge in [-0.15, -0.1) is 0 Å². The van der Waals surface area contributed by atoms with E-state index in [9.17, 15) is 4.79 Å². The third-order valence-corrected chi connectivity index (χ3v) is 3.22. The van der Waals surface area contributed by atoms with E-state index in [1.807, 2.05) is 27.7 Å². The van der Waals surface area contributed by atoms with Crippen molar-refractivity contribution in [1.29, 1.82) is 0 Å². The van der Waals surface area contributed by atoms with Crippen LogP contribution in [0.4, 0.5) is 4.79 Å². The summed E-state index contributed by atoms with van der Waals surface area (Å²) in [6.07, 6.45) is -0.239. The van der Waals surface area contributed by atoms with Gasteiger partial charge in [0.05, 0.1) is 19.3 Å². The normalized spacial score (nSPS) is 21.2. The maximum absolute atomic E-state index is 12.1. The van der Waals surface area contributed by atoms with Crippen molar-refractivity contribution in [1.82, 2.24) is 9.80 Å². The lowest BCUT2D eigenvalue weighted by molar-refractivity contribution is -0.0238. The topological polar surface area (TPSA) is 42.0 Å². The first kappa shape index (κ1) is 16.2. The summed E-state index contributed by atoms with van der Waals surface area (Å²) in [6.45, 7) is 14.5. The van der Waals surface area contributed by atoms with Gasteiger partial charge in [0.1, 0.15) is 5.60 Å². The van der Waals surface area contributed by atoms with Gasteiger partial charge in [-0.25, -0.2) is 4.79 Å². The molecular weight excluding hydrogens is 244 g/mol. The third kappa shape index (κ3) is 5.37. The summed E-state index contributed by atoms with van der Waals surface area (Å²) in [5, 5.41) is 0. The van der Waals surface area contributed by atoms with Crippen LogP contribution in [-0.2, 0) is 9.47 Å². The first-order valence-corrected chi connectivity index (χ1v) is 7.17. The molecule has 0 bridgehead atoms. The third-order valence-electron chi connectivity index (χ3n) is 3.22. The Morgan fingerprint density at radius 2 is 2.11 bits per heavy atom. The number of hydrogen-bond acceptors (Lipinski definition) is 4. The van der Waals surface area contributed by atoms with E-state index >= 15 is 0 Å². The van der Waals surface area contributed by atoms with Crippen molar-refractivity contribution in [3.05, 3.63) is 0 Å². The first-order chi connectivity index (χ1) is 8.87. The van der Waals surface area contributed by atoms with Crippen LogP contribution < -0.4 is 0 Å². The second-order valence-electron chi connectivity index (χ2n) is 5.88. The highest BCUT2D eigenvalue weighted by Gasteiger charge is 2.27. The Morgan fingerprint density at radius 1 is 1.42 bits per heavy atom. The molecule has 0 N–H and O–H groups in total. The van der Waals surface area contributed by atoms with Gasteiger partial charge in [-0.3, -0.25) is 4.90 Å². The summed E-state index contributed by atoms with van der Waals surface area (Å²) in [4.78, 5) is 16.2. The molecule has 0 spiro atoms. The highest BCUT2D eigenvalue weighted by molar-refractivity contribution is 5.68. The average molecular weight is 272 g/mol. The number of rotatable bonds is 4. The highest BCUT2D eigenvalue weighted by atomic mass is 16.6. The molecular formula is C14H28N2O3. The molecule has 1 atom stereocenters. The van der Waals surface area contributed by atoms with Gasteiger partial charge in [0.2, 0.25) is 0 Å². The van der Waals surface area contributed by atoms with Gasteiger partial charge in [0.15, 0.2) is 0 Å². The van der Waals surface area contributed by atoms with E-state index in [0.29, 0.717) is 19.7 Å². The lowest BCUT2D eigenvalue weighted by Crippen LogP contribution is -2.52. The molecule has 0 aliphatic carbocycles. The van der Waals surface area contributed by atoms with E-state index in [1.54, 1.807) is 4.90 Å². The first-order valence-electron chi connectivity index (χ1n) is 7.17. The number of ether oxygens (including phenoxy) is 2. The molecule has 0 saturated carbocycles. The lowest BCUT2D eigenvalue weighted by atomic mass is 10.2. The van der Waals surface area contributed by atoms with Crippen molar-refractivity contribution < 1.29 is 14.3 Å². The van der Waals surface area contributed by atoms with Crippen LogP contribution in [0.2, 0.25) is 0 Å². The number of hydrogen-bond donors (Lipinski definition) is 0. The smallest absolute Gasteiger partial charge is 0.410 e. The Bertz CT molecular complexity index is 289. The number of amides is 1. The van der Waals surface area contributed by atoms with Crippen LogP contribution in [0.5, 0.6) is 0 Å². The van der Waals surface area contributed by atoms with Gasteiger partial charge in [-0.2, -0.15) is 0 Å². The fraction of sp³-hybridized carbons (Fsp3) is 0.929. The van der Waals surface area contributed by atoms with Crippen molar-refractivity contribution in [2.75, 3.05) is 39.4 Å². The predicted molar refractivity (Wildman–Crippen MR) is 75.3 cm³/mol. The Morgan fingerprint density at radius 3 is 2.63 bits per heavy atom. The van der Waals surface area contributed by atoms with Crippen LogP contribution in [0.1, 0.15) is 34.6 Å². The zero-order chi connectivity index (χ0) is 14.5. The second-order valence-corrected chi connectivity index (χ2v) is 5.88. The molecule has 0 aromatic carbocycles. The molecule has 5 nitrogen and oxygen atoms in total. The predicted octanol–water partition coefficient (Wildman–Crippen LogP) is 1.96. The number of carbonyl (C=O) groups excluding carboxylic acids is 1. The zero-order valence-corrected chi connectivity index (χ0v) is 12.9. The molecule has 0 aromatic heterocycles. The maximum Gasteiger partial charge on any atom is 0.410 e. The lowest BCUT2D eigenvalue weighted by Gasteiger charge is -2.37. The van der Waals surface area contributed by atoms with Crippen molar-refractivity contribution in [2.45, 2.75) is 46.3 Å². The molecule has 1 rings (SSSR count). The molecule has 5 heteroatoms. The molecule has 19 heavy (non-hydrogen) atoms. The molecule has 0 aromatic rings. The second kappa shape index (κ2) is 7.10. The van der Waals surface area contributed by atoms with Crippen LogP contribution >= 0.6 is 0 Å². The molecule has 1 aliphatic rings. The molecule has 1 fully saturated rings. The Kier molecular flexibility index (Phi) is 6.07. The van der Waals surface area contributed by atoms with Crippen molar-refractivity contribution in [3.8, 4) is 0 Å². The van der Waals surface area contributed by atoms with Crippen LogP contribution in [0.15, 0.2) is 0 Å². The SMILES string of the molecule is CCN(C[C@H]1COCCN1CC)C(=O)OC(C)(C)C.